The molecule has 0 radical (unpaired) electrons. The van der Waals surface area contributed by atoms with Crippen LogP contribution in [0.1, 0.15) is 30.6 Å². The molecule has 0 aliphatic heterocycles. The summed E-state index contributed by atoms with van der Waals surface area (Å²) in [5, 5.41) is 2.13. The molecule has 0 saturated heterocycles. The Morgan fingerprint density at radius 3 is 2.71 bits per heavy atom. The monoisotopic (exact) mass is 271 g/mol. The second kappa shape index (κ2) is 4.60. The minimum atomic E-state index is 0.433. The summed E-state index contributed by atoms with van der Waals surface area (Å²) >= 11 is 5.26. The molecule has 1 nitrogen and oxygen atoms in total. The van der Waals surface area contributed by atoms with Gasteiger partial charge >= 0.3 is 0 Å². The van der Waals surface area contributed by atoms with Gasteiger partial charge in [-0.25, -0.2) is 0 Å². The van der Waals surface area contributed by atoms with Gasteiger partial charge in [0.15, 0.2) is 0 Å². The van der Waals surface area contributed by atoms with Crippen LogP contribution in [0.4, 0.5) is 0 Å². The van der Waals surface area contributed by atoms with Gasteiger partial charge in [0.05, 0.1) is 0 Å². The first-order valence-corrected chi connectivity index (χ1v) is 6.60. The minimum absolute atomic E-state index is 0.433. The lowest BCUT2D eigenvalue weighted by Crippen LogP contribution is -2.23. The Morgan fingerprint density at radius 2 is 2.14 bits per heavy atom. The predicted octanol–water partition coefficient (Wildman–Crippen LogP) is 3.80. The van der Waals surface area contributed by atoms with Gasteiger partial charge in [-0.05, 0) is 53.8 Å². The van der Waals surface area contributed by atoms with E-state index in [0.717, 1.165) is 12.8 Å². The highest BCUT2D eigenvalue weighted by Gasteiger charge is 2.12. The van der Waals surface area contributed by atoms with E-state index in [1.54, 1.807) is 16.9 Å². The van der Waals surface area contributed by atoms with Crippen LogP contribution in [0.25, 0.3) is 6.08 Å². The van der Waals surface area contributed by atoms with Gasteiger partial charge in [-0.3, -0.25) is 0 Å². The van der Waals surface area contributed by atoms with E-state index < -0.39 is 0 Å². The summed E-state index contributed by atoms with van der Waals surface area (Å²) in [7, 11) is 0. The summed E-state index contributed by atoms with van der Waals surface area (Å²) in [5.74, 6) is 0. The summed E-state index contributed by atoms with van der Waals surface area (Å²) in [6.07, 6.45) is 6.98. The van der Waals surface area contributed by atoms with Crippen LogP contribution in [-0.2, 0) is 0 Å². The summed E-state index contributed by atoms with van der Waals surface area (Å²) in [6.45, 7) is 0. The zero-order valence-corrected chi connectivity index (χ0v) is 10.4. The van der Waals surface area contributed by atoms with Crippen LogP contribution in [0.5, 0.6) is 0 Å². The lowest BCUT2D eigenvalue weighted by atomic mass is 9.91. The van der Waals surface area contributed by atoms with Gasteiger partial charge in [0.2, 0.25) is 0 Å². The number of hydrogen-bond acceptors (Lipinski definition) is 2. The molecule has 0 bridgehead atoms. The van der Waals surface area contributed by atoms with E-state index in [0.29, 0.717) is 6.04 Å². The van der Waals surface area contributed by atoms with Crippen LogP contribution < -0.4 is 5.73 Å². The maximum Gasteiger partial charge on any atom is 0.0288 e. The molecule has 76 valence electrons. The molecule has 0 amide bonds. The van der Waals surface area contributed by atoms with Crippen LogP contribution in [0.2, 0.25) is 0 Å². The molecule has 1 aromatic rings. The fraction of sp³-hybridized carbons (Fsp3) is 0.455. The highest BCUT2D eigenvalue weighted by atomic mass is 79.9. The average Bonchev–Trinajstić information content (AvgIpc) is 2.56. The van der Waals surface area contributed by atoms with Gasteiger partial charge < -0.3 is 5.73 Å². The maximum absolute atomic E-state index is 5.86. The van der Waals surface area contributed by atoms with Crippen molar-refractivity contribution >= 4 is 33.3 Å². The van der Waals surface area contributed by atoms with E-state index in [1.807, 2.05) is 0 Å². The molecule has 1 aromatic heterocycles. The lowest BCUT2D eigenvalue weighted by molar-refractivity contribution is 0.514. The molecule has 0 atom stereocenters. The van der Waals surface area contributed by atoms with Gasteiger partial charge in [0.25, 0.3) is 0 Å². The molecule has 1 aliphatic carbocycles. The van der Waals surface area contributed by atoms with Crippen molar-refractivity contribution in [2.75, 3.05) is 0 Å². The zero-order chi connectivity index (χ0) is 9.97. The molecular weight excluding hydrogens is 258 g/mol. The van der Waals surface area contributed by atoms with Gasteiger partial charge in [0.1, 0.15) is 0 Å². The number of allylic oxidation sites excluding steroid dienone is 1. The molecule has 2 N–H and O–H groups in total. The van der Waals surface area contributed by atoms with Gasteiger partial charge in [-0.1, -0.05) is 5.57 Å². The second-order valence-corrected chi connectivity index (χ2v) is 5.67. The lowest BCUT2D eigenvalue weighted by Gasteiger charge is -2.19. The van der Waals surface area contributed by atoms with Crippen LogP contribution >= 0.6 is 27.3 Å². The molecule has 3 heteroatoms. The Hall–Kier alpha value is -0.120. The summed E-state index contributed by atoms with van der Waals surface area (Å²) in [5.41, 5.74) is 7.42. The van der Waals surface area contributed by atoms with Crippen molar-refractivity contribution in [1.29, 1.82) is 0 Å². The van der Waals surface area contributed by atoms with Crippen molar-refractivity contribution in [3.63, 3.8) is 0 Å². The third-order valence-electron chi connectivity index (χ3n) is 2.61. The molecule has 1 saturated carbocycles. The normalized spacial score (nSPS) is 22.4. The number of thiophene rings is 1. The fourth-order valence-corrected chi connectivity index (χ4v) is 3.19. The highest BCUT2D eigenvalue weighted by molar-refractivity contribution is 9.10. The first-order chi connectivity index (χ1) is 6.74. The Morgan fingerprint density at radius 1 is 1.43 bits per heavy atom. The molecule has 1 aliphatic rings. The van der Waals surface area contributed by atoms with Crippen LogP contribution in [0.15, 0.2) is 21.5 Å². The van der Waals surface area contributed by atoms with E-state index >= 15 is 0 Å². The number of rotatable bonds is 1. The first kappa shape index (κ1) is 10.4. The van der Waals surface area contributed by atoms with Crippen LogP contribution in [0, 0.1) is 0 Å². The Labute approximate surface area is 97.1 Å². The number of halogens is 1. The molecular formula is C11H14BrNS. The van der Waals surface area contributed by atoms with E-state index in [1.165, 1.54) is 22.2 Å². The summed E-state index contributed by atoms with van der Waals surface area (Å²) in [6, 6.07) is 2.61. The molecule has 0 spiro atoms. The van der Waals surface area contributed by atoms with Crippen molar-refractivity contribution in [2.45, 2.75) is 31.7 Å². The Bertz CT molecular complexity index is 333. The smallest absolute Gasteiger partial charge is 0.0288 e. The van der Waals surface area contributed by atoms with Crippen LogP contribution in [-0.4, -0.2) is 6.04 Å². The van der Waals surface area contributed by atoms with Crippen molar-refractivity contribution in [3.8, 4) is 0 Å². The van der Waals surface area contributed by atoms with Crippen LogP contribution in [0.3, 0.4) is 0 Å². The molecule has 1 heterocycles. The molecule has 1 fully saturated rings. The van der Waals surface area contributed by atoms with E-state index in [-0.39, 0.29) is 0 Å². The van der Waals surface area contributed by atoms with Crippen molar-refractivity contribution < 1.29 is 0 Å². The molecule has 0 aromatic carbocycles. The first-order valence-electron chi connectivity index (χ1n) is 4.93. The Kier molecular flexibility index (Phi) is 3.42. The molecule has 0 unspecified atom stereocenters. The van der Waals surface area contributed by atoms with Gasteiger partial charge in [-0.2, -0.15) is 0 Å². The molecule has 14 heavy (non-hydrogen) atoms. The average molecular weight is 272 g/mol. The fourth-order valence-electron chi connectivity index (χ4n) is 1.76. The number of hydrogen-bond donors (Lipinski definition) is 1. The van der Waals surface area contributed by atoms with Crippen molar-refractivity contribution in [3.05, 3.63) is 26.4 Å². The standard InChI is InChI=1S/C11H14BrNS/c12-9-6-11(14-7-9)5-8-1-3-10(13)4-2-8/h5-7,10H,1-4,13H2. The quantitative estimate of drug-likeness (QED) is 0.826. The number of nitrogens with two attached hydrogens (primary N) is 1. The minimum Gasteiger partial charge on any atom is -0.328 e. The van der Waals surface area contributed by atoms with E-state index in [4.69, 9.17) is 5.73 Å². The van der Waals surface area contributed by atoms with Gasteiger partial charge in [0, 0.05) is 20.8 Å². The summed E-state index contributed by atoms with van der Waals surface area (Å²) in [4.78, 5) is 1.35. The second-order valence-electron chi connectivity index (χ2n) is 3.81. The van der Waals surface area contributed by atoms with E-state index in [9.17, 15) is 0 Å². The maximum atomic E-state index is 5.86. The third-order valence-corrected chi connectivity index (χ3v) is 4.25. The SMILES string of the molecule is NC1CCC(=Cc2cc(Br)cs2)CC1. The highest BCUT2D eigenvalue weighted by Crippen LogP contribution is 2.27. The molecule has 2 rings (SSSR count). The largest absolute Gasteiger partial charge is 0.328 e. The summed E-state index contributed by atoms with van der Waals surface area (Å²) < 4.78 is 1.18. The Balaban J connectivity index is 2.04. The van der Waals surface area contributed by atoms with Crippen molar-refractivity contribution in [2.24, 2.45) is 5.73 Å². The van der Waals surface area contributed by atoms with Gasteiger partial charge in [-0.15, -0.1) is 11.3 Å². The third kappa shape index (κ3) is 2.69. The predicted molar refractivity (Wildman–Crippen MR) is 66.4 cm³/mol. The zero-order valence-electron chi connectivity index (χ0n) is 8.00. The topological polar surface area (TPSA) is 26.0 Å². The van der Waals surface area contributed by atoms with Crippen molar-refractivity contribution in [1.82, 2.24) is 0 Å². The van der Waals surface area contributed by atoms with E-state index in [2.05, 4.69) is 33.5 Å².